The molecule has 1 saturated heterocycles. The van der Waals surface area contributed by atoms with Crippen LogP contribution >= 0.6 is 0 Å². The molecule has 106 valence electrons. The van der Waals surface area contributed by atoms with Gasteiger partial charge in [-0.05, 0) is 6.92 Å². The number of halogens is 1. The summed E-state index contributed by atoms with van der Waals surface area (Å²) >= 11 is 0. The Morgan fingerprint density at radius 3 is 2.79 bits per heavy atom. The molecule has 1 aliphatic rings. The molecule has 0 bridgehead atoms. The van der Waals surface area contributed by atoms with E-state index in [0.717, 1.165) is 6.20 Å². The van der Waals surface area contributed by atoms with Crippen molar-refractivity contribution in [2.45, 2.75) is 31.0 Å². The number of rotatable bonds is 2. The maximum Gasteiger partial charge on any atom is 0.351 e. The molecule has 4 atom stereocenters. The molecule has 2 heterocycles. The van der Waals surface area contributed by atoms with E-state index in [-0.39, 0.29) is 0 Å². The maximum atomic E-state index is 13.3. The summed E-state index contributed by atoms with van der Waals surface area (Å²) in [4.78, 5) is 14.8. The van der Waals surface area contributed by atoms with Crippen molar-refractivity contribution >= 4 is 5.82 Å². The molecule has 8 nitrogen and oxygen atoms in total. The lowest BCUT2D eigenvalue weighted by Crippen LogP contribution is -2.43. The summed E-state index contributed by atoms with van der Waals surface area (Å²) in [6.07, 6.45) is -3.58. The van der Waals surface area contributed by atoms with E-state index in [0.29, 0.717) is 4.57 Å². The molecule has 19 heavy (non-hydrogen) atoms. The molecule has 2 rings (SSSR count). The first kappa shape index (κ1) is 13.9. The van der Waals surface area contributed by atoms with Gasteiger partial charge in [-0.15, -0.1) is 0 Å². The van der Waals surface area contributed by atoms with Gasteiger partial charge in [0.25, 0.3) is 0 Å². The summed E-state index contributed by atoms with van der Waals surface area (Å²) in [6.45, 7) is 0.772. The number of nitrogen functional groups attached to an aromatic ring is 1. The first-order valence-electron chi connectivity index (χ1n) is 5.49. The van der Waals surface area contributed by atoms with Crippen molar-refractivity contribution in [3.63, 3.8) is 0 Å². The molecule has 0 aromatic carbocycles. The zero-order valence-corrected chi connectivity index (χ0v) is 10.0. The summed E-state index contributed by atoms with van der Waals surface area (Å²) in [5.74, 6) is -1.53. The van der Waals surface area contributed by atoms with Crippen LogP contribution in [0.5, 0.6) is 0 Å². The molecule has 0 aliphatic carbocycles. The molecule has 1 fully saturated rings. The number of hydrogen-bond donors (Lipinski definition) is 4. The van der Waals surface area contributed by atoms with E-state index in [9.17, 15) is 19.4 Å². The van der Waals surface area contributed by atoms with E-state index >= 15 is 0 Å². The molecule has 1 aromatic rings. The van der Waals surface area contributed by atoms with E-state index in [1.807, 2.05) is 0 Å². The highest BCUT2D eigenvalue weighted by Gasteiger charge is 2.52. The second-order valence-corrected chi connectivity index (χ2v) is 4.58. The first-order valence-corrected chi connectivity index (χ1v) is 5.49. The highest BCUT2D eigenvalue weighted by molar-refractivity contribution is 5.26. The van der Waals surface area contributed by atoms with Crippen LogP contribution < -0.4 is 11.4 Å². The molecule has 0 unspecified atom stereocenters. The van der Waals surface area contributed by atoms with Crippen LogP contribution in [0.25, 0.3) is 0 Å². The Labute approximate surface area is 106 Å². The summed E-state index contributed by atoms with van der Waals surface area (Å²) in [6, 6.07) is 0. The Morgan fingerprint density at radius 1 is 1.63 bits per heavy atom. The largest absolute Gasteiger partial charge is 0.393 e. The van der Waals surface area contributed by atoms with Gasteiger partial charge in [0, 0.05) is 0 Å². The van der Waals surface area contributed by atoms with Gasteiger partial charge in [0.2, 0.25) is 0 Å². The Hall–Kier alpha value is -1.55. The lowest BCUT2D eigenvalue weighted by Gasteiger charge is -2.24. The molecular weight excluding hydrogens is 261 g/mol. The van der Waals surface area contributed by atoms with E-state index in [1.165, 1.54) is 6.92 Å². The first-order chi connectivity index (χ1) is 8.80. The van der Waals surface area contributed by atoms with E-state index in [4.69, 9.17) is 15.6 Å². The minimum Gasteiger partial charge on any atom is -0.393 e. The van der Waals surface area contributed by atoms with Crippen molar-refractivity contribution < 1.29 is 24.4 Å². The molecule has 1 aromatic heterocycles. The van der Waals surface area contributed by atoms with Crippen LogP contribution in [0, 0.1) is 5.82 Å². The minimum absolute atomic E-state index is 0.570. The summed E-state index contributed by atoms with van der Waals surface area (Å²) in [5.41, 5.74) is 2.75. The molecule has 0 spiro atoms. The summed E-state index contributed by atoms with van der Waals surface area (Å²) in [5, 5.41) is 28.8. The SMILES string of the molecule is C[C@]1(CO)O[C@@H](n2cc(F)c(N)nc2=O)[C@@H](O)[C@@H]1O. The minimum atomic E-state index is -1.51. The average Bonchev–Trinajstić information content (AvgIpc) is 2.59. The second kappa shape index (κ2) is 4.53. The van der Waals surface area contributed by atoms with Gasteiger partial charge in [-0.25, -0.2) is 9.18 Å². The van der Waals surface area contributed by atoms with Crippen molar-refractivity contribution in [3.05, 3.63) is 22.5 Å². The average molecular weight is 275 g/mol. The number of hydrogen-bond acceptors (Lipinski definition) is 7. The van der Waals surface area contributed by atoms with Crippen molar-refractivity contribution in [2.24, 2.45) is 0 Å². The Kier molecular flexibility index (Phi) is 3.31. The number of aliphatic hydroxyl groups is 3. The number of aromatic nitrogens is 2. The number of nitrogens with two attached hydrogens (primary N) is 1. The summed E-state index contributed by atoms with van der Waals surface area (Å²) in [7, 11) is 0. The fraction of sp³-hybridized carbons (Fsp3) is 0.600. The second-order valence-electron chi connectivity index (χ2n) is 4.58. The third kappa shape index (κ3) is 2.10. The van der Waals surface area contributed by atoms with Gasteiger partial charge >= 0.3 is 5.69 Å². The van der Waals surface area contributed by atoms with Crippen molar-refractivity contribution in [3.8, 4) is 0 Å². The maximum absolute atomic E-state index is 13.3. The highest BCUT2D eigenvalue weighted by Crippen LogP contribution is 2.36. The van der Waals surface area contributed by atoms with Gasteiger partial charge in [0.1, 0.15) is 17.8 Å². The van der Waals surface area contributed by atoms with Crippen LogP contribution in [0.3, 0.4) is 0 Å². The molecular formula is C10H14FN3O5. The topological polar surface area (TPSA) is 131 Å². The van der Waals surface area contributed by atoms with Crippen LogP contribution in [-0.2, 0) is 4.74 Å². The lowest BCUT2D eigenvalue weighted by molar-refractivity contribution is -0.118. The molecule has 0 radical (unpaired) electrons. The van der Waals surface area contributed by atoms with Crippen molar-refractivity contribution in [1.29, 1.82) is 0 Å². The van der Waals surface area contributed by atoms with E-state index in [2.05, 4.69) is 4.98 Å². The molecule has 1 aliphatic heterocycles. The van der Waals surface area contributed by atoms with Crippen LogP contribution in [0.1, 0.15) is 13.2 Å². The van der Waals surface area contributed by atoms with Gasteiger partial charge in [-0.3, -0.25) is 4.57 Å². The molecule has 0 amide bonds. The molecule has 0 saturated carbocycles. The van der Waals surface area contributed by atoms with Crippen LogP contribution in [0.15, 0.2) is 11.0 Å². The van der Waals surface area contributed by atoms with Crippen molar-refractivity contribution in [2.75, 3.05) is 12.3 Å². The third-order valence-electron chi connectivity index (χ3n) is 3.15. The number of ether oxygens (including phenoxy) is 1. The van der Waals surface area contributed by atoms with Crippen molar-refractivity contribution in [1.82, 2.24) is 9.55 Å². The lowest BCUT2D eigenvalue weighted by atomic mass is 9.99. The van der Waals surface area contributed by atoms with E-state index in [1.54, 1.807) is 0 Å². The normalized spacial score (nSPS) is 34.7. The van der Waals surface area contributed by atoms with Gasteiger partial charge in [-0.2, -0.15) is 4.98 Å². The predicted octanol–water partition coefficient (Wildman–Crippen LogP) is -2.03. The van der Waals surface area contributed by atoms with Gasteiger partial charge < -0.3 is 25.8 Å². The zero-order valence-electron chi connectivity index (χ0n) is 10.0. The monoisotopic (exact) mass is 275 g/mol. The highest BCUT2D eigenvalue weighted by atomic mass is 19.1. The third-order valence-corrected chi connectivity index (χ3v) is 3.15. The van der Waals surface area contributed by atoms with Gasteiger partial charge in [0.15, 0.2) is 17.9 Å². The van der Waals surface area contributed by atoms with Crippen LogP contribution in [0.4, 0.5) is 10.2 Å². The smallest absolute Gasteiger partial charge is 0.351 e. The molecule has 9 heteroatoms. The Balaban J connectivity index is 2.44. The Bertz CT molecular complexity index is 550. The van der Waals surface area contributed by atoms with Crippen LogP contribution in [0.2, 0.25) is 0 Å². The van der Waals surface area contributed by atoms with Gasteiger partial charge in [0.05, 0.1) is 12.8 Å². The summed E-state index contributed by atoms with van der Waals surface area (Å²) < 4.78 is 19.2. The fourth-order valence-electron chi connectivity index (χ4n) is 1.92. The quantitative estimate of drug-likeness (QED) is 0.489. The van der Waals surface area contributed by atoms with Crippen LogP contribution in [-0.4, -0.2) is 49.3 Å². The molecule has 5 N–H and O–H groups in total. The standard InChI is InChI=1S/C10H14FN3O5/c1-10(3-15)6(17)5(16)8(19-10)14-2-4(11)7(12)13-9(14)18/h2,5-6,8,15-17H,3H2,1H3,(H2,12,13,18)/t5-,6-,8+,10+/m0/s1. The van der Waals surface area contributed by atoms with E-state index < -0.39 is 48.0 Å². The number of anilines is 1. The zero-order chi connectivity index (χ0) is 14.4. The predicted molar refractivity (Wildman–Crippen MR) is 60.5 cm³/mol. The fourth-order valence-corrected chi connectivity index (χ4v) is 1.92. The van der Waals surface area contributed by atoms with Gasteiger partial charge in [-0.1, -0.05) is 0 Å². The number of nitrogens with zero attached hydrogens (tertiary/aromatic N) is 2. The number of aliphatic hydroxyl groups excluding tert-OH is 3. The Morgan fingerprint density at radius 2 is 2.26 bits per heavy atom.